The minimum absolute atomic E-state index is 0.00813. The fraction of sp³-hybridized carbons (Fsp3) is 0.852. The van der Waals surface area contributed by atoms with Crippen molar-refractivity contribution < 1.29 is 46.2 Å². The van der Waals surface area contributed by atoms with Gasteiger partial charge in [-0.15, -0.1) is 0 Å². The predicted octanol–water partition coefficient (Wildman–Crippen LogP) is 17.0. The lowest BCUT2D eigenvalue weighted by atomic mass is 9.85. The summed E-state index contributed by atoms with van der Waals surface area (Å²) in [5.41, 5.74) is 1.58. The fourth-order valence-electron chi connectivity index (χ4n) is 8.30. The predicted molar refractivity (Wildman–Crippen MR) is 328 cm³/mol. The zero-order valence-corrected chi connectivity index (χ0v) is 58.2. The van der Waals surface area contributed by atoms with Crippen LogP contribution < -0.4 is 0 Å². The summed E-state index contributed by atoms with van der Waals surface area (Å²) in [4.78, 5) is 12.5. The lowest BCUT2D eigenvalue weighted by molar-refractivity contribution is -0.138. The van der Waals surface area contributed by atoms with Gasteiger partial charge in [-0.3, -0.25) is 0 Å². The maximum absolute atomic E-state index is 12.5. The van der Waals surface area contributed by atoms with Crippen LogP contribution in [0.1, 0.15) is 164 Å². The molecule has 1 fully saturated rings. The maximum Gasteiger partial charge on any atom is 0.333 e. The zero-order chi connectivity index (χ0) is 58.5. The summed E-state index contributed by atoms with van der Waals surface area (Å²) < 4.78 is 59.2. The molecule has 0 amide bonds. The van der Waals surface area contributed by atoms with Gasteiger partial charge in [0.2, 0.25) is 0 Å². The van der Waals surface area contributed by atoms with Gasteiger partial charge in [0.05, 0.1) is 43.2 Å². The van der Waals surface area contributed by atoms with Crippen LogP contribution in [-0.2, 0) is 46.2 Å². The van der Waals surface area contributed by atoms with E-state index in [0.717, 1.165) is 24.8 Å². The van der Waals surface area contributed by atoms with Crippen LogP contribution in [0.3, 0.4) is 0 Å². The molecular formula is C61H120O10Si4. The van der Waals surface area contributed by atoms with E-state index in [1.807, 2.05) is 34.0 Å². The monoisotopic (exact) mass is 1120 g/mol. The van der Waals surface area contributed by atoms with Gasteiger partial charge in [-0.05, 0) is 138 Å². The molecule has 0 aliphatic carbocycles. The number of esters is 1. The van der Waals surface area contributed by atoms with Crippen LogP contribution >= 0.6 is 0 Å². The van der Waals surface area contributed by atoms with Crippen molar-refractivity contribution in [1.29, 1.82) is 0 Å². The van der Waals surface area contributed by atoms with Gasteiger partial charge in [0, 0.05) is 37.5 Å². The summed E-state index contributed by atoms with van der Waals surface area (Å²) in [6.45, 7) is 63.9. The highest BCUT2D eigenvalue weighted by atomic mass is 28.4. The van der Waals surface area contributed by atoms with Crippen molar-refractivity contribution in [3.63, 3.8) is 0 Å². The Hall–Kier alpha value is -1.02. The Balaban J connectivity index is 3.57. The molecule has 1 aliphatic heterocycles. The average molecular weight is 1130 g/mol. The zero-order valence-electron chi connectivity index (χ0n) is 54.2. The molecule has 0 saturated carbocycles. The summed E-state index contributed by atoms with van der Waals surface area (Å²) in [5.74, 6) is 0.279. The number of hydrogen-bond acceptors (Lipinski definition) is 10. The smallest absolute Gasteiger partial charge is 0.333 e. The topological polar surface area (TPSA) is 103 Å². The van der Waals surface area contributed by atoms with E-state index in [4.69, 9.17) is 41.4 Å². The van der Waals surface area contributed by atoms with Gasteiger partial charge in [0.1, 0.15) is 19.0 Å². The van der Waals surface area contributed by atoms with Gasteiger partial charge >= 0.3 is 5.97 Å². The van der Waals surface area contributed by atoms with E-state index in [1.54, 1.807) is 7.11 Å². The van der Waals surface area contributed by atoms with Crippen molar-refractivity contribution in [3.8, 4) is 0 Å². The number of methoxy groups -OCH3 is 2. The van der Waals surface area contributed by atoms with Crippen molar-refractivity contribution in [2.75, 3.05) is 27.6 Å². The van der Waals surface area contributed by atoms with Gasteiger partial charge in [-0.1, -0.05) is 147 Å². The highest BCUT2D eigenvalue weighted by Crippen LogP contribution is 2.47. The fourth-order valence-corrected chi connectivity index (χ4v) is 13.9. The van der Waals surface area contributed by atoms with Crippen molar-refractivity contribution in [2.45, 2.75) is 286 Å². The first kappa shape index (κ1) is 72.0. The summed E-state index contributed by atoms with van der Waals surface area (Å²) >= 11 is 0. The Morgan fingerprint density at radius 2 is 1.04 bits per heavy atom. The number of allylic oxidation sites excluding steroid dienone is 3. The van der Waals surface area contributed by atoms with Gasteiger partial charge in [0.15, 0.2) is 33.3 Å². The molecule has 0 aromatic rings. The van der Waals surface area contributed by atoms with Crippen LogP contribution in [0.25, 0.3) is 0 Å². The molecule has 0 aromatic heterocycles. The highest BCUT2D eigenvalue weighted by molar-refractivity contribution is 6.75. The molecule has 0 N–H and O–H groups in total. The maximum atomic E-state index is 12.5. The number of epoxide rings is 1. The molecule has 0 aromatic carbocycles. The van der Waals surface area contributed by atoms with Crippen LogP contribution in [0.5, 0.6) is 0 Å². The van der Waals surface area contributed by atoms with E-state index in [1.165, 1.54) is 0 Å². The summed E-state index contributed by atoms with van der Waals surface area (Å²) in [6, 6.07) is 0. The molecule has 1 heterocycles. The third-order valence-corrected chi connectivity index (χ3v) is 36.0. The minimum atomic E-state index is -2.23. The standard InChI is InChI=1S/C61H120O10Si4/c1-31-65-57(62)46(5)41-43(2)40-45(4)53(70-74(27,28)60(15,16)17)56-55(67-56)52(69-73(25,26)59(12,13)14)39-35-34-37-50(66-42-63-21)44(3)36-32-33-38-51(68-72(23,24)58(9,10)11)48(7)54(47(6)49(8)64-22)71-75(29,30)61(18,19)20/h32-35,40-41,44-45,47-56H,31,36-39,42H2,1-30H3/b33-32+,35-34+,43-40+,46-41+/t44-,45+,47+,48+,49-,50-,51-,52+,53-,54-,55-,56-/m0/s1. The summed E-state index contributed by atoms with van der Waals surface area (Å²) in [7, 11) is -5.21. The Morgan fingerprint density at radius 3 is 1.52 bits per heavy atom. The van der Waals surface area contributed by atoms with Crippen LogP contribution in [0.2, 0.25) is 72.5 Å². The van der Waals surface area contributed by atoms with Crippen LogP contribution in [0, 0.1) is 23.7 Å². The lowest BCUT2D eigenvalue weighted by Crippen LogP contribution is -2.53. The molecule has 10 nitrogen and oxygen atoms in total. The molecular weight excluding hydrogens is 1010 g/mol. The molecule has 0 unspecified atom stereocenters. The van der Waals surface area contributed by atoms with E-state index < -0.39 is 33.3 Å². The summed E-state index contributed by atoms with van der Waals surface area (Å²) in [6.07, 6.45) is 15.9. The Kier molecular flexibility index (Phi) is 28.4. The first-order valence-corrected chi connectivity index (χ1v) is 40.4. The average Bonchev–Trinajstić information content (AvgIpc) is 4.06. The van der Waals surface area contributed by atoms with E-state index in [2.05, 4.69) is 200 Å². The highest BCUT2D eigenvalue weighted by Gasteiger charge is 2.56. The SMILES string of the molecule is CCOC(=O)/C(C)=C/C(C)=C/[C@@H](C)[C@H](O[Si](C)(C)C(C)(C)C)[C@@H]1O[C@H]1[C@@H](C/C=C/C[C@H](OCOC)[C@@H](C)C/C=C/C[C@H](O[Si](C)(C)C(C)(C)C)[C@@H](C)[C@@H](O[Si](C)(C)C(C)(C)C)[C@H](C)[C@H](C)OC)O[Si](C)(C)C(C)(C)C. The number of carbonyl (C=O) groups excluding carboxylic acids is 1. The molecule has 1 rings (SSSR count). The van der Waals surface area contributed by atoms with Gasteiger partial charge in [0.25, 0.3) is 0 Å². The minimum Gasteiger partial charge on any atom is -0.463 e. The second-order valence-corrected chi connectivity index (χ2v) is 47.6. The molecule has 440 valence electrons. The number of carbonyl (C=O) groups is 1. The van der Waals surface area contributed by atoms with E-state index in [0.29, 0.717) is 18.6 Å². The second-order valence-electron chi connectivity index (χ2n) is 28.5. The van der Waals surface area contributed by atoms with Crippen molar-refractivity contribution in [3.05, 3.63) is 47.6 Å². The second kappa shape index (κ2) is 29.6. The molecule has 12 atom stereocenters. The van der Waals surface area contributed by atoms with Crippen LogP contribution in [0.15, 0.2) is 47.6 Å². The van der Waals surface area contributed by atoms with Crippen molar-refractivity contribution >= 4 is 39.2 Å². The van der Waals surface area contributed by atoms with Gasteiger partial charge in [-0.25, -0.2) is 4.79 Å². The molecule has 0 radical (unpaired) electrons. The lowest BCUT2D eigenvalue weighted by Gasteiger charge is -2.47. The molecule has 1 aliphatic rings. The van der Waals surface area contributed by atoms with E-state index >= 15 is 0 Å². The van der Waals surface area contributed by atoms with Crippen LogP contribution in [0.4, 0.5) is 0 Å². The van der Waals surface area contributed by atoms with Gasteiger partial charge in [-0.2, -0.15) is 0 Å². The first-order chi connectivity index (χ1) is 33.9. The number of ether oxygens (including phenoxy) is 5. The normalized spacial score (nSPS) is 21.4. The third-order valence-electron chi connectivity index (χ3n) is 18.0. The Bertz CT molecular complexity index is 1830. The van der Waals surface area contributed by atoms with Crippen molar-refractivity contribution in [1.82, 2.24) is 0 Å². The van der Waals surface area contributed by atoms with Crippen molar-refractivity contribution in [2.24, 2.45) is 23.7 Å². The van der Waals surface area contributed by atoms with E-state index in [9.17, 15) is 4.79 Å². The Morgan fingerprint density at radius 1 is 0.587 bits per heavy atom. The Labute approximate surface area is 467 Å². The molecule has 75 heavy (non-hydrogen) atoms. The number of hydrogen-bond donors (Lipinski definition) is 0. The van der Waals surface area contributed by atoms with Gasteiger partial charge < -0.3 is 41.4 Å². The molecule has 0 spiro atoms. The van der Waals surface area contributed by atoms with E-state index in [-0.39, 0.29) is 105 Å². The largest absolute Gasteiger partial charge is 0.463 e. The third kappa shape index (κ3) is 22.4. The molecule has 1 saturated heterocycles. The van der Waals surface area contributed by atoms with Crippen LogP contribution in [-0.4, -0.2) is 116 Å². The summed E-state index contributed by atoms with van der Waals surface area (Å²) in [5, 5.41) is 0.168. The quantitative estimate of drug-likeness (QED) is 0.0123. The number of rotatable bonds is 32. The first-order valence-electron chi connectivity index (χ1n) is 28.8. The molecule has 14 heteroatoms. The molecule has 0 bridgehead atoms.